The van der Waals surface area contributed by atoms with Gasteiger partial charge in [-0.25, -0.2) is 22.0 Å². The van der Waals surface area contributed by atoms with Gasteiger partial charge in [-0.05, 0) is 67.6 Å². The molecule has 0 unspecified atom stereocenters. The lowest BCUT2D eigenvalue weighted by atomic mass is 10.1. The van der Waals surface area contributed by atoms with Crippen LogP contribution in [0.4, 0.5) is 20.2 Å². The standard InChI is InChI=1S/C24H20F2N2O6S/c1-2-33-24(30)15-3-7-18(8-4-15)27-23(29)16-5-10-21-20(13-16)28(11-12-34-21)35(31,32)22-14-17(25)6-9-19(22)26/h3-10,13-14H,2,11-12H2,1H3,(H,27,29). The summed E-state index contributed by atoms with van der Waals surface area (Å²) in [5.74, 6) is -2.88. The van der Waals surface area contributed by atoms with Gasteiger partial charge >= 0.3 is 5.97 Å². The summed E-state index contributed by atoms with van der Waals surface area (Å²) in [6.45, 7) is 1.75. The molecule has 0 aliphatic carbocycles. The Morgan fingerprint density at radius 3 is 2.46 bits per heavy atom. The van der Waals surface area contributed by atoms with Crippen molar-refractivity contribution in [3.05, 3.63) is 83.4 Å². The minimum absolute atomic E-state index is 0.0124. The van der Waals surface area contributed by atoms with Crippen LogP contribution in [0.3, 0.4) is 0 Å². The Kier molecular flexibility index (Phi) is 6.70. The van der Waals surface area contributed by atoms with E-state index in [1.54, 1.807) is 6.92 Å². The summed E-state index contributed by atoms with van der Waals surface area (Å²) in [5, 5.41) is 2.66. The van der Waals surface area contributed by atoms with Crippen LogP contribution in [0.2, 0.25) is 0 Å². The monoisotopic (exact) mass is 502 g/mol. The molecule has 3 aromatic rings. The molecule has 0 radical (unpaired) electrons. The normalized spacial score (nSPS) is 12.9. The molecule has 8 nitrogen and oxygen atoms in total. The maximum Gasteiger partial charge on any atom is 0.338 e. The van der Waals surface area contributed by atoms with Gasteiger partial charge in [0.1, 0.15) is 28.9 Å². The lowest BCUT2D eigenvalue weighted by molar-refractivity contribution is 0.0526. The number of carbonyl (C=O) groups is 2. The van der Waals surface area contributed by atoms with Crippen LogP contribution < -0.4 is 14.4 Å². The van der Waals surface area contributed by atoms with E-state index in [1.165, 1.54) is 42.5 Å². The minimum atomic E-state index is -4.48. The summed E-state index contributed by atoms with van der Waals surface area (Å²) < 4.78 is 65.6. The Bertz CT molecular complexity index is 1390. The number of anilines is 2. The third-order valence-electron chi connectivity index (χ3n) is 5.16. The van der Waals surface area contributed by atoms with Crippen molar-refractivity contribution in [2.24, 2.45) is 0 Å². The largest absolute Gasteiger partial charge is 0.489 e. The van der Waals surface area contributed by atoms with Gasteiger partial charge in [0.2, 0.25) is 0 Å². The summed E-state index contributed by atoms with van der Waals surface area (Å²) in [6, 6.07) is 12.4. The fourth-order valence-corrected chi connectivity index (χ4v) is 5.02. The van der Waals surface area contributed by atoms with Crippen LogP contribution in [0.15, 0.2) is 65.6 Å². The predicted molar refractivity (Wildman–Crippen MR) is 123 cm³/mol. The van der Waals surface area contributed by atoms with Crippen molar-refractivity contribution in [2.75, 3.05) is 29.4 Å². The molecule has 0 fully saturated rings. The fraction of sp³-hybridized carbons (Fsp3) is 0.167. The molecule has 0 saturated carbocycles. The third kappa shape index (κ3) is 4.94. The van der Waals surface area contributed by atoms with Gasteiger partial charge in [-0.2, -0.15) is 0 Å². The van der Waals surface area contributed by atoms with Gasteiger partial charge < -0.3 is 14.8 Å². The molecule has 1 aliphatic rings. The molecule has 182 valence electrons. The SMILES string of the molecule is CCOC(=O)c1ccc(NC(=O)c2ccc3c(c2)N(S(=O)(=O)c2cc(F)ccc2F)CCO3)cc1. The second-order valence-corrected chi connectivity index (χ2v) is 9.27. The Balaban J connectivity index is 1.61. The second kappa shape index (κ2) is 9.71. The van der Waals surface area contributed by atoms with E-state index in [0.717, 1.165) is 16.4 Å². The number of carbonyl (C=O) groups excluding carboxylic acids is 2. The molecule has 0 saturated heterocycles. The number of amides is 1. The predicted octanol–water partition coefficient (Wildman–Crippen LogP) is 3.98. The Morgan fingerprint density at radius 1 is 1.03 bits per heavy atom. The number of hydrogen-bond donors (Lipinski definition) is 1. The number of ether oxygens (including phenoxy) is 2. The lowest BCUT2D eigenvalue weighted by Gasteiger charge is -2.30. The van der Waals surface area contributed by atoms with Crippen molar-refractivity contribution in [2.45, 2.75) is 11.8 Å². The van der Waals surface area contributed by atoms with E-state index in [0.29, 0.717) is 17.3 Å². The lowest BCUT2D eigenvalue weighted by Crippen LogP contribution is -2.38. The molecule has 4 rings (SSSR count). The number of hydrogen-bond acceptors (Lipinski definition) is 6. The summed E-state index contributed by atoms with van der Waals surface area (Å²) in [4.78, 5) is 23.8. The molecule has 1 heterocycles. The molecule has 1 N–H and O–H groups in total. The fourth-order valence-electron chi connectivity index (χ4n) is 3.49. The molecule has 35 heavy (non-hydrogen) atoms. The summed E-state index contributed by atoms with van der Waals surface area (Å²) >= 11 is 0. The van der Waals surface area contributed by atoms with Gasteiger partial charge in [-0.3, -0.25) is 9.10 Å². The molecular formula is C24H20F2N2O6S. The number of benzene rings is 3. The highest BCUT2D eigenvalue weighted by Crippen LogP contribution is 2.37. The first-order chi connectivity index (χ1) is 16.7. The maximum atomic E-state index is 14.3. The van der Waals surface area contributed by atoms with E-state index in [4.69, 9.17) is 9.47 Å². The molecule has 1 amide bonds. The first-order valence-electron chi connectivity index (χ1n) is 10.5. The summed E-state index contributed by atoms with van der Waals surface area (Å²) in [7, 11) is -4.48. The quantitative estimate of drug-likeness (QED) is 0.512. The highest BCUT2D eigenvalue weighted by molar-refractivity contribution is 7.92. The molecule has 3 aromatic carbocycles. The number of nitrogens with zero attached hydrogens (tertiary/aromatic N) is 1. The van der Waals surface area contributed by atoms with Crippen LogP contribution in [0.1, 0.15) is 27.6 Å². The van der Waals surface area contributed by atoms with Gasteiger partial charge in [0.05, 0.1) is 24.4 Å². The van der Waals surface area contributed by atoms with Crippen LogP contribution in [0.5, 0.6) is 5.75 Å². The van der Waals surface area contributed by atoms with Gasteiger partial charge in [-0.1, -0.05) is 0 Å². The molecule has 1 aliphatic heterocycles. The van der Waals surface area contributed by atoms with Gasteiger partial charge in [-0.15, -0.1) is 0 Å². The smallest absolute Gasteiger partial charge is 0.338 e. The van der Waals surface area contributed by atoms with Gasteiger partial charge in [0.15, 0.2) is 0 Å². The van der Waals surface area contributed by atoms with Crippen LogP contribution in [0, 0.1) is 11.6 Å². The zero-order valence-corrected chi connectivity index (χ0v) is 19.3. The van der Waals surface area contributed by atoms with E-state index < -0.39 is 38.4 Å². The van der Waals surface area contributed by atoms with E-state index >= 15 is 0 Å². The molecular weight excluding hydrogens is 482 g/mol. The maximum absolute atomic E-state index is 14.3. The van der Waals surface area contributed by atoms with Crippen molar-refractivity contribution in [1.82, 2.24) is 0 Å². The first kappa shape index (κ1) is 24.1. The van der Waals surface area contributed by atoms with E-state index in [9.17, 15) is 26.8 Å². The van der Waals surface area contributed by atoms with Crippen molar-refractivity contribution < 1.29 is 36.3 Å². The zero-order valence-electron chi connectivity index (χ0n) is 18.5. The molecule has 0 aromatic heterocycles. The molecule has 0 atom stereocenters. The number of fused-ring (bicyclic) bond motifs is 1. The van der Waals surface area contributed by atoms with Crippen LogP contribution in [-0.2, 0) is 14.8 Å². The first-order valence-corrected chi connectivity index (χ1v) is 12.0. The molecule has 0 bridgehead atoms. The van der Waals surface area contributed by atoms with Crippen LogP contribution >= 0.6 is 0 Å². The van der Waals surface area contributed by atoms with E-state index in [2.05, 4.69) is 5.32 Å². The van der Waals surface area contributed by atoms with Crippen LogP contribution in [-0.4, -0.2) is 40.1 Å². The number of halogens is 2. The topological polar surface area (TPSA) is 102 Å². The van der Waals surface area contributed by atoms with E-state index in [-0.39, 0.29) is 36.8 Å². The average Bonchev–Trinajstić information content (AvgIpc) is 2.85. The highest BCUT2D eigenvalue weighted by atomic mass is 32.2. The molecule has 11 heteroatoms. The van der Waals surface area contributed by atoms with E-state index in [1.807, 2.05) is 0 Å². The average molecular weight is 502 g/mol. The molecule has 0 spiro atoms. The van der Waals surface area contributed by atoms with Crippen molar-refractivity contribution in [3.8, 4) is 5.75 Å². The van der Waals surface area contributed by atoms with Gasteiger partial charge in [0, 0.05) is 11.3 Å². The summed E-state index contributed by atoms with van der Waals surface area (Å²) in [5.41, 5.74) is 0.832. The summed E-state index contributed by atoms with van der Waals surface area (Å²) in [6.07, 6.45) is 0. The Labute approximate surface area is 200 Å². The number of esters is 1. The number of nitrogens with one attached hydrogen (secondary N) is 1. The van der Waals surface area contributed by atoms with Gasteiger partial charge in [0.25, 0.3) is 15.9 Å². The second-order valence-electron chi connectivity index (χ2n) is 7.43. The zero-order chi connectivity index (χ0) is 25.2. The number of rotatable bonds is 6. The van der Waals surface area contributed by atoms with Crippen LogP contribution in [0.25, 0.3) is 0 Å². The minimum Gasteiger partial charge on any atom is -0.489 e. The van der Waals surface area contributed by atoms with Crippen molar-refractivity contribution >= 4 is 33.3 Å². The Morgan fingerprint density at radius 2 is 1.74 bits per heavy atom. The highest BCUT2D eigenvalue weighted by Gasteiger charge is 2.33. The van der Waals surface area contributed by atoms with Crippen molar-refractivity contribution in [3.63, 3.8) is 0 Å². The third-order valence-corrected chi connectivity index (χ3v) is 6.99. The van der Waals surface area contributed by atoms with Crippen molar-refractivity contribution in [1.29, 1.82) is 0 Å². The number of sulfonamides is 1. The Hall–Kier alpha value is -3.99.